The molecule has 3 amide bonds. The van der Waals surface area contributed by atoms with Crippen LogP contribution in [0.25, 0.3) is 0 Å². The fraction of sp³-hybridized carbons (Fsp3) is 0.800. The highest BCUT2D eigenvalue weighted by molar-refractivity contribution is 5.96. The molecule has 0 aromatic heterocycles. The standard InChI is InChI=1S/C15H26N2O4/c1-10-6-5-7-11(8-10)17(4)14(21)16-12(18)9-15(2,3)13(19)20/h10-11H,5-9H2,1-4H3,(H,19,20)(H,16,18,21). The molecule has 0 saturated heterocycles. The number of amides is 3. The van der Waals surface area contributed by atoms with Crippen molar-refractivity contribution in [1.82, 2.24) is 10.2 Å². The fourth-order valence-electron chi connectivity index (χ4n) is 2.65. The van der Waals surface area contributed by atoms with E-state index in [2.05, 4.69) is 12.2 Å². The second kappa shape index (κ2) is 6.91. The predicted molar refractivity (Wildman–Crippen MR) is 78.8 cm³/mol. The van der Waals surface area contributed by atoms with Crippen LogP contribution in [0.3, 0.4) is 0 Å². The molecule has 0 heterocycles. The van der Waals surface area contributed by atoms with Gasteiger partial charge in [0.05, 0.1) is 5.41 Å². The van der Waals surface area contributed by atoms with Crippen LogP contribution in [0.4, 0.5) is 4.79 Å². The number of carbonyl (C=O) groups excluding carboxylic acids is 2. The summed E-state index contributed by atoms with van der Waals surface area (Å²) in [5, 5.41) is 11.3. The van der Waals surface area contributed by atoms with Crippen LogP contribution in [0.1, 0.15) is 52.9 Å². The van der Waals surface area contributed by atoms with Gasteiger partial charge in [0.25, 0.3) is 0 Å². The van der Waals surface area contributed by atoms with Crippen LogP contribution < -0.4 is 5.32 Å². The first-order chi connectivity index (χ1) is 9.63. The maximum absolute atomic E-state index is 12.1. The summed E-state index contributed by atoms with van der Waals surface area (Å²) in [6.45, 7) is 5.09. The SMILES string of the molecule is CC1CCCC(N(C)C(=O)NC(=O)CC(C)(C)C(=O)O)C1. The first-order valence-corrected chi connectivity index (χ1v) is 7.43. The Balaban J connectivity index is 2.52. The molecule has 1 aliphatic rings. The number of aliphatic carboxylic acids is 1. The first kappa shape index (κ1) is 17.5. The zero-order chi connectivity index (χ0) is 16.2. The Hall–Kier alpha value is -1.59. The summed E-state index contributed by atoms with van der Waals surface area (Å²) < 4.78 is 0. The van der Waals surface area contributed by atoms with Crippen LogP contribution >= 0.6 is 0 Å². The lowest BCUT2D eigenvalue weighted by atomic mass is 9.86. The topological polar surface area (TPSA) is 86.7 Å². The van der Waals surface area contributed by atoms with Gasteiger partial charge in [0, 0.05) is 19.5 Å². The van der Waals surface area contributed by atoms with Gasteiger partial charge in [0.15, 0.2) is 0 Å². The van der Waals surface area contributed by atoms with Gasteiger partial charge in [0.1, 0.15) is 0 Å². The summed E-state index contributed by atoms with van der Waals surface area (Å²) in [4.78, 5) is 36.4. The third-order valence-electron chi connectivity index (χ3n) is 4.20. The molecule has 21 heavy (non-hydrogen) atoms. The summed E-state index contributed by atoms with van der Waals surface area (Å²) in [7, 11) is 1.69. The summed E-state index contributed by atoms with van der Waals surface area (Å²) in [5.41, 5.74) is -1.18. The van der Waals surface area contributed by atoms with Crippen molar-refractivity contribution in [2.45, 2.75) is 58.9 Å². The fourth-order valence-corrected chi connectivity index (χ4v) is 2.65. The van der Waals surface area contributed by atoms with E-state index in [0.29, 0.717) is 5.92 Å². The van der Waals surface area contributed by atoms with Gasteiger partial charge in [-0.05, 0) is 32.6 Å². The van der Waals surface area contributed by atoms with Gasteiger partial charge in [-0.1, -0.05) is 19.8 Å². The Morgan fingerprint density at radius 2 is 1.90 bits per heavy atom. The molecule has 1 rings (SSSR count). The molecule has 1 aliphatic carbocycles. The number of nitrogens with one attached hydrogen (secondary N) is 1. The van der Waals surface area contributed by atoms with Crippen LogP contribution in [0.5, 0.6) is 0 Å². The molecule has 0 aliphatic heterocycles. The zero-order valence-corrected chi connectivity index (χ0v) is 13.3. The minimum atomic E-state index is -1.18. The second-order valence-electron chi connectivity index (χ2n) is 6.76. The van der Waals surface area contributed by atoms with Gasteiger partial charge in [-0.15, -0.1) is 0 Å². The van der Waals surface area contributed by atoms with Gasteiger partial charge in [-0.2, -0.15) is 0 Å². The first-order valence-electron chi connectivity index (χ1n) is 7.43. The number of carbonyl (C=O) groups is 3. The zero-order valence-electron chi connectivity index (χ0n) is 13.3. The molecule has 0 spiro atoms. The molecule has 0 aromatic carbocycles. The normalized spacial score (nSPS) is 22.5. The van der Waals surface area contributed by atoms with E-state index in [-0.39, 0.29) is 12.5 Å². The molecule has 6 heteroatoms. The average molecular weight is 298 g/mol. The highest BCUT2D eigenvalue weighted by Gasteiger charge is 2.32. The third kappa shape index (κ3) is 5.02. The highest BCUT2D eigenvalue weighted by Crippen LogP contribution is 2.26. The second-order valence-corrected chi connectivity index (χ2v) is 6.76. The molecule has 0 aromatic rings. The van der Waals surface area contributed by atoms with E-state index in [9.17, 15) is 14.4 Å². The highest BCUT2D eigenvalue weighted by atomic mass is 16.4. The van der Waals surface area contributed by atoms with E-state index in [1.54, 1.807) is 11.9 Å². The Morgan fingerprint density at radius 1 is 1.29 bits per heavy atom. The molecule has 1 saturated carbocycles. The number of hydrogen-bond donors (Lipinski definition) is 2. The van der Waals surface area contributed by atoms with E-state index < -0.39 is 23.3 Å². The monoisotopic (exact) mass is 298 g/mol. The molecular formula is C15H26N2O4. The number of carboxylic acids is 1. The molecule has 2 N–H and O–H groups in total. The molecular weight excluding hydrogens is 272 g/mol. The van der Waals surface area contributed by atoms with Gasteiger partial charge < -0.3 is 10.0 Å². The molecule has 1 fully saturated rings. The van der Waals surface area contributed by atoms with E-state index in [4.69, 9.17) is 5.11 Å². The van der Waals surface area contributed by atoms with Crippen LogP contribution in [0, 0.1) is 11.3 Å². The summed E-state index contributed by atoms with van der Waals surface area (Å²) >= 11 is 0. The number of rotatable bonds is 4. The van der Waals surface area contributed by atoms with Crippen molar-refractivity contribution in [2.75, 3.05) is 7.05 Å². The molecule has 120 valence electrons. The van der Waals surface area contributed by atoms with Crippen LogP contribution in [-0.2, 0) is 9.59 Å². The van der Waals surface area contributed by atoms with Crippen molar-refractivity contribution in [3.63, 3.8) is 0 Å². The number of hydrogen-bond acceptors (Lipinski definition) is 3. The summed E-state index contributed by atoms with van der Waals surface area (Å²) in [6, 6.07) is -0.297. The summed E-state index contributed by atoms with van der Waals surface area (Å²) in [6.07, 6.45) is 3.94. The van der Waals surface area contributed by atoms with Gasteiger partial charge in [-0.25, -0.2) is 4.79 Å². The van der Waals surface area contributed by atoms with E-state index in [1.165, 1.54) is 20.3 Å². The minimum absolute atomic E-state index is 0.147. The number of nitrogens with zero attached hydrogens (tertiary/aromatic N) is 1. The average Bonchev–Trinajstić information content (AvgIpc) is 2.36. The van der Waals surface area contributed by atoms with Crippen molar-refractivity contribution in [3.8, 4) is 0 Å². The Bertz CT molecular complexity index is 420. The van der Waals surface area contributed by atoms with E-state index >= 15 is 0 Å². The lowest BCUT2D eigenvalue weighted by molar-refractivity contribution is -0.149. The lowest BCUT2D eigenvalue weighted by Crippen LogP contribution is -2.48. The smallest absolute Gasteiger partial charge is 0.324 e. The number of carboxylic acid groups (broad SMARTS) is 1. The Labute approximate surface area is 125 Å². The molecule has 2 unspecified atom stereocenters. The van der Waals surface area contributed by atoms with Gasteiger partial charge in [0.2, 0.25) is 5.91 Å². The maximum Gasteiger partial charge on any atom is 0.324 e. The molecule has 2 atom stereocenters. The van der Waals surface area contributed by atoms with Gasteiger partial charge >= 0.3 is 12.0 Å². The summed E-state index contributed by atoms with van der Waals surface area (Å²) in [5.74, 6) is -1.02. The van der Waals surface area contributed by atoms with Crippen LogP contribution in [0.15, 0.2) is 0 Å². The van der Waals surface area contributed by atoms with E-state index in [0.717, 1.165) is 19.3 Å². The maximum atomic E-state index is 12.1. The van der Waals surface area contributed by atoms with Crippen LogP contribution in [-0.4, -0.2) is 41.0 Å². The lowest BCUT2D eigenvalue weighted by Gasteiger charge is -2.34. The van der Waals surface area contributed by atoms with Crippen molar-refractivity contribution in [2.24, 2.45) is 11.3 Å². The molecule has 0 radical (unpaired) electrons. The van der Waals surface area contributed by atoms with Crippen molar-refractivity contribution >= 4 is 17.9 Å². The van der Waals surface area contributed by atoms with E-state index in [1.807, 2.05) is 0 Å². The molecule has 0 bridgehead atoms. The van der Waals surface area contributed by atoms with Crippen molar-refractivity contribution in [3.05, 3.63) is 0 Å². The quantitative estimate of drug-likeness (QED) is 0.833. The number of urea groups is 1. The van der Waals surface area contributed by atoms with Gasteiger partial charge in [-0.3, -0.25) is 14.9 Å². The van der Waals surface area contributed by atoms with Crippen molar-refractivity contribution < 1.29 is 19.5 Å². The predicted octanol–water partition coefficient (Wildman–Crippen LogP) is 2.23. The largest absolute Gasteiger partial charge is 0.481 e. The Morgan fingerprint density at radius 3 is 2.43 bits per heavy atom. The Kier molecular flexibility index (Phi) is 5.75. The molecule has 6 nitrogen and oxygen atoms in total. The third-order valence-corrected chi connectivity index (χ3v) is 4.20. The van der Waals surface area contributed by atoms with Crippen LogP contribution in [0.2, 0.25) is 0 Å². The number of imide groups is 1. The van der Waals surface area contributed by atoms with Crippen molar-refractivity contribution in [1.29, 1.82) is 0 Å². The minimum Gasteiger partial charge on any atom is -0.481 e.